The van der Waals surface area contributed by atoms with Crippen molar-refractivity contribution in [2.24, 2.45) is 0 Å². The third-order valence-corrected chi connectivity index (χ3v) is 4.45. The molecule has 142 valence electrons. The van der Waals surface area contributed by atoms with Crippen molar-refractivity contribution in [2.45, 2.75) is 19.8 Å². The van der Waals surface area contributed by atoms with Crippen molar-refractivity contribution in [3.05, 3.63) is 89.6 Å². The monoisotopic (exact) mass is 372 g/mol. The molecule has 0 atom stereocenters. The van der Waals surface area contributed by atoms with Crippen LogP contribution < -0.4 is 10.6 Å². The minimum absolute atomic E-state index is 0.236. The molecule has 2 N–H and O–H groups in total. The lowest BCUT2D eigenvalue weighted by Crippen LogP contribution is -2.35. The smallest absolute Gasteiger partial charge is 0.267 e. The van der Waals surface area contributed by atoms with Gasteiger partial charge >= 0.3 is 0 Å². The minimum Gasteiger partial charge on any atom is -0.351 e. The zero-order valence-corrected chi connectivity index (χ0v) is 15.9. The summed E-state index contributed by atoms with van der Waals surface area (Å²) >= 11 is 0. The predicted molar refractivity (Wildman–Crippen MR) is 114 cm³/mol. The van der Waals surface area contributed by atoms with Crippen LogP contribution in [0.15, 0.2) is 78.5 Å². The molecule has 0 aliphatic carbocycles. The van der Waals surface area contributed by atoms with Crippen LogP contribution in [0.3, 0.4) is 0 Å². The van der Waals surface area contributed by atoms with Gasteiger partial charge in [0.25, 0.3) is 11.8 Å². The topological polar surface area (TPSA) is 58.2 Å². The molecule has 0 heterocycles. The Morgan fingerprint density at radius 2 is 1.61 bits per heavy atom. The third-order valence-electron chi connectivity index (χ3n) is 4.45. The van der Waals surface area contributed by atoms with Gasteiger partial charge in [0, 0.05) is 12.1 Å². The van der Waals surface area contributed by atoms with Crippen LogP contribution in [0.5, 0.6) is 0 Å². The molecule has 0 fully saturated rings. The zero-order chi connectivity index (χ0) is 19.8. The number of fused-ring (bicyclic) bond motifs is 1. The number of carbonyl (C=O) groups is 2. The van der Waals surface area contributed by atoms with Gasteiger partial charge in [0.05, 0.1) is 0 Å². The molecule has 3 aromatic rings. The van der Waals surface area contributed by atoms with E-state index < -0.39 is 0 Å². The van der Waals surface area contributed by atoms with Crippen LogP contribution in [0.25, 0.3) is 16.8 Å². The molecule has 4 heteroatoms. The Kier molecular flexibility index (Phi) is 6.58. The van der Waals surface area contributed by atoms with E-state index in [0.29, 0.717) is 12.1 Å². The van der Waals surface area contributed by atoms with Gasteiger partial charge in [0.1, 0.15) is 5.70 Å². The van der Waals surface area contributed by atoms with E-state index >= 15 is 0 Å². The maximum absolute atomic E-state index is 13.0. The molecule has 0 aliphatic rings. The van der Waals surface area contributed by atoms with Gasteiger partial charge in [-0.3, -0.25) is 9.59 Å². The van der Waals surface area contributed by atoms with Crippen molar-refractivity contribution in [3.63, 3.8) is 0 Å². The number of nitrogens with one attached hydrogen (secondary N) is 2. The van der Waals surface area contributed by atoms with E-state index in [1.807, 2.05) is 66.7 Å². The summed E-state index contributed by atoms with van der Waals surface area (Å²) in [6.45, 7) is 2.64. The van der Waals surface area contributed by atoms with Crippen LogP contribution in [0, 0.1) is 0 Å². The van der Waals surface area contributed by atoms with E-state index in [-0.39, 0.29) is 17.5 Å². The molecule has 0 unspecified atom stereocenters. The van der Waals surface area contributed by atoms with E-state index in [4.69, 9.17) is 0 Å². The second kappa shape index (κ2) is 9.51. The Morgan fingerprint density at radius 1 is 0.893 bits per heavy atom. The zero-order valence-electron chi connectivity index (χ0n) is 15.9. The lowest BCUT2D eigenvalue weighted by atomic mass is 10.0. The number of carbonyl (C=O) groups excluding carboxylic acids is 2. The molecule has 0 saturated heterocycles. The summed E-state index contributed by atoms with van der Waals surface area (Å²) in [6.07, 6.45) is 3.58. The predicted octanol–water partition coefficient (Wildman–Crippen LogP) is 4.53. The first-order chi connectivity index (χ1) is 13.7. The van der Waals surface area contributed by atoms with Crippen LogP contribution in [0.1, 0.15) is 35.7 Å². The summed E-state index contributed by atoms with van der Waals surface area (Å²) in [6, 6.07) is 22.8. The van der Waals surface area contributed by atoms with Gasteiger partial charge in [-0.2, -0.15) is 0 Å². The first-order valence-corrected chi connectivity index (χ1v) is 9.53. The molecule has 4 nitrogen and oxygen atoms in total. The highest BCUT2D eigenvalue weighted by Gasteiger charge is 2.16. The van der Waals surface area contributed by atoms with Gasteiger partial charge < -0.3 is 10.6 Å². The van der Waals surface area contributed by atoms with Crippen LogP contribution in [-0.4, -0.2) is 18.4 Å². The Labute approximate surface area is 165 Å². The molecule has 0 bridgehead atoms. The Hall–Kier alpha value is -3.40. The maximum atomic E-state index is 13.0. The molecule has 3 aromatic carbocycles. The van der Waals surface area contributed by atoms with Gasteiger partial charge in [0.15, 0.2) is 0 Å². The van der Waals surface area contributed by atoms with E-state index in [2.05, 4.69) is 17.6 Å². The van der Waals surface area contributed by atoms with Crippen molar-refractivity contribution in [2.75, 3.05) is 6.54 Å². The standard InChI is InChI=1S/C24H24N2O2/c1-2-3-16-25-24(28)22(17-18-10-5-4-6-11-18)26-23(27)21-15-9-13-19-12-7-8-14-20(19)21/h4-15,17H,2-3,16H2,1H3,(H,25,28)(H,26,27). The molecule has 2 amide bonds. The maximum Gasteiger partial charge on any atom is 0.267 e. The number of hydrogen-bond donors (Lipinski definition) is 2. The molecular formula is C24H24N2O2. The average molecular weight is 372 g/mol. The van der Waals surface area contributed by atoms with Crippen LogP contribution in [0.4, 0.5) is 0 Å². The second-order valence-electron chi connectivity index (χ2n) is 6.56. The largest absolute Gasteiger partial charge is 0.351 e. The second-order valence-corrected chi connectivity index (χ2v) is 6.56. The number of hydrogen-bond acceptors (Lipinski definition) is 2. The Bertz CT molecular complexity index is 988. The molecule has 0 saturated carbocycles. The number of benzene rings is 3. The van der Waals surface area contributed by atoms with Gasteiger partial charge in [-0.05, 0) is 34.9 Å². The van der Waals surface area contributed by atoms with E-state index in [0.717, 1.165) is 29.2 Å². The van der Waals surface area contributed by atoms with Crippen LogP contribution in [-0.2, 0) is 4.79 Å². The summed E-state index contributed by atoms with van der Waals surface area (Å²) in [5.41, 5.74) is 1.63. The fourth-order valence-electron chi connectivity index (χ4n) is 2.96. The summed E-state index contributed by atoms with van der Waals surface area (Å²) in [5, 5.41) is 7.52. The first kappa shape index (κ1) is 19.4. The highest BCUT2D eigenvalue weighted by Crippen LogP contribution is 2.19. The molecule has 0 aliphatic heterocycles. The summed E-state index contributed by atoms with van der Waals surface area (Å²) in [7, 11) is 0. The van der Waals surface area contributed by atoms with E-state index in [1.54, 1.807) is 12.1 Å². The Balaban J connectivity index is 1.89. The van der Waals surface area contributed by atoms with Crippen molar-refractivity contribution >= 4 is 28.7 Å². The molecule has 28 heavy (non-hydrogen) atoms. The van der Waals surface area contributed by atoms with Crippen molar-refractivity contribution in [1.29, 1.82) is 0 Å². The summed E-state index contributed by atoms with van der Waals surface area (Å²) in [4.78, 5) is 25.6. The summed E-state index contributed by atoms with van der Waals surface area (Å²) < 4.78 is 0. The fraction of sp³-hybridized carbons (Fsp3) is 0.167. The number of unbranched alkanes of at least 4 members (excludes halogenated alkanes) is 1. The first-order valence-electron chi connectivity index (χ1n) is 9.53. The molecule has 0 aromatic heterocycles. The van der Waals surface area contributed by atoms with Crippen LogP contribution in [0.2, 0.25) is 0 Å². The normalized spacial score (nSPS) is 11.2. The molecular weight excluding hydrogens is 348 g/mol. The number of rotatable bonds is 7. The molecule has 3 rings (SSSR count). The Morgan fingerprint density at radius 3 is 2.39 bits per heavy atom. The van der Waals surface area contributed by atoms with Gasteiger partial charge in [-0.25, -0.2) is 0 Å². The summed E-state index contributed by atoms with van der Waals surface area (Å²) in [5.74, 6) is -0.587. The third kappa shape index (κ3) is 4.86. The average Bonchev–Trinajstić information content (AvgIpc) is 2.73. The lowest BCUT2D eigenvalue weighted by Gasteiger charge is -2.12. The van der Waals surface area contributed by atoms with Gasteiger partial charge in [-0.1, -0.05) is 80.1 Å². The van der Waals surface area contributed by atoms with Crippen molar-refractivity contribution in [3.8, 4) is 0 Å². The highest BCUT2D eigenvalue weighted by atomic mass is 16.2. The van der Waals surface area contributed by atoms with Gasteiger partial charge in [0.2, 0.25) is 0 Å². The molecule has 0 spiro atoms. The van der Waals surface area contributed by atoms with Gasteiger partial charge in [-0.15, -0.1) is 0 Å². The highest BCUT2D eigenvalue weighted by molar-refractivity contribution is 6.11. The van der Waals surface area contributed by atoms with Crippen LogP contribution >= 0.6 is 0 Å². The minimum atomic E-state index is -0.301. The van der Waals surface area contributed by atoms with E-state index in [1.165, 1.54) is 0 Å². The van der Waals surface area contributed by atoms with E-state index in [9.17, 15) is 9.59 Å². The van der Waals surface area contributed by atoms with Crippen molar-refractivity contribution in [1.82, 2.24) is 10.6 Å². The SMILES string of the molecule is CCCCNC(=O)C(=Cc1ccccc1)NC(=O)c1cccc2ccccc12. The van der Waals surface area contributed by atoms with Crippen molar-refractivity contribution < 1.29 is 9.59 Å². The number of amides is 2. The fourth-order valence-corrected chi connectivity index (χ4v) is 2.96. The lowest BCUT2D eigenvalue weighted by molar-refractivity contribution is -0.117. The quantitative estimate of drug-likeness (QED) is 0.473. The molecule has 0 radical (unpaired) electrons.